The van der Waals surface area contributed by atoms with E-state index in [1.54, 1.807) is 35.3 Å². The molecule has 132 valence electrons. The molecule has 6 nitrogen and oxygen atoms in total. The number of piperazine rings is 1. The Kier molecular flexibility index (Phi) is 5.08. The van der Waals surface area contributed by atoms with Gasteiger partial charge in [0, 0.05) is 24.3 Å². The number of halogens is 1. The van der Waals surface area contributed by atoms with E-state index in [1.165, 1.54) is 0 Å². The van der Waals surface area contributed by atoms with Crippen LogP contribution >= 0.6 is 11.6 Å². The minimum absolute atomic E-state index is 0.0641. The van der Waals surface area contributed by atoms with Gasteiger partial charge >= 0.3 is 0 Å². The Morgan fingerprint density at radius 3 is 2.72 bits per heavy atom. The van der Waals surface area contributed by atoms with Crippen molar-refractivity contribution < 1.29 is 9.59 Å². The van der Waals surface area contributed by atoms with Crippen LogP contribution in [0.15, 0.2) is 36.8 Å². The van der Waals surface area contributed by atoms with Crippen LogP contribution < -0.4 is 0 Å². The highest BCUT2D eigenvalue weighted by Gasteiger charge is 2.36. The number of amides is 2. The second kappa shape index (κ2) is 7.27. The fourth-order valence-corrected chi connectivity index (χ4v) is 3.27. The summed E-state index contributed by atoms with van der Waals surface area (Å²) in [6.07, 6.45) is 3.48. The van der Waals surface area contributed by atoms with E-state index >= 15 is 0 Å². The molecule has 0 bridgehead atoms. The van der Waals surface area contributed by atoms with E-state index < -0.39 is 6.04 Å². The molecule has 2 amide bonds. The minimum Gasteiger partial charge on any atom is -0.333 e. The third kappa shape index (κ3) is 3.54. The quantitative estimate of drug-likeness (QED) is 0.822. The molecule has 1 aliphatic rings. The number of hydrogen-bond acceptors (Lipinski definition) is 3. The predicted octanol–water partition coefficient (Wildman–Crippen LogP) is 2.32. The summed E-state index contributed by atoms with van der Waals surface area (Å²) in [7, 11) is 0. The van der Waals surface area contributed by atoms with Gasteiger partial charge in [0.1, 0.15) is 12.6 Å². The Labute approximate surface area is 152 Å². The van der Waals surface area contributed by atoms with E-state index in [0.717, 1.165) is 17.8 Å². The number of carbonyl (C=O) groups excluding carboxylic acids is 2. The van der Waals surface area contributed by atoms with Gasteiger partial charge in [-0.05, 0) is 25.5 Å². The van der Waals surface area contributed by atoms with Gasteiger partial charge in [-0.25, -0.2) is 4.98 Å². The van der Waals surface area contributed by atoms with Crippen molar-refractivity contribution in [2.75, 3.05) is 6.54 Å². The molecule has 1 atom stereocenters. The smallest absolute Gasteiger partial charge is 0.245 e. The number of imidazole rings is 1. The largest absolute Gasteiger partial charge is 0.333 e. The number of hydrogen-bond donors (Lipinski definition) is 0. The van der Waals surface area contributed by atoms with Crippen molar-refractivity contribution in [3.8, 4) is 0 Å². The first kappa shape index (κ1) is 17.5. The summed E-state index contributed by atoms with van der Waals surface area (Å²) in [5.41, 5.74) is 1.77. The molecule has 0 unspecified atom stereocenters. The van der Waals surface area contributed by atoms with E-state index in [2.05, 4.69) is 4.98 Å². The Morgan fingerprint density at radius 1 is 1.24 bits per heavy atom. The average Bonchev–Trinajstić information content (AvgIpc) is 3.05. The highest BCUT2D eigenvalue weighted by Crippen LogP contribution is 2.21. The van der Waals surface area contributed by atoms with Crippen LogP contribution in [0.1, 0.15) is 25.1 Å². The standard InChI is InChI=1S/C18H21ClN4O2/c1-3-21-12-20-8-15(21)10-23-13(2)18(25)22(11-17(23)24)9-14-6-4-5-7-16(14)19/h4-8,12-13H,3,9-11H2,1-2H3/t13-/m0/s1. The van der Waals surface area contributed by atoms with Gasteiger partial charge in [-0.2, -0.15) is 0 Å². The lowest BCUT2D eigenvalue weighted by Crippen LogP contribution is -2.58. The lowest BCUT2D eigenvalue weighted by molar-refractivity contribution is -0.156. The summed E-state index contributed by atoms with van der Waals surface area (Å²) in [6.45, 7) is 5.36. The molecule has 7 heteroatoms. The van der Waals surface area contributed by atoms with Gasteiger partial charge in [-0.3, -0.25) is 9.59 Å². The summed E-state index contributed by atoms with van der Waals surface area (Å²) in [5, 5.41) is 0.602. The average molecular weight is 361 g/mol. The number of aryl methyl sites for hydroxylation is 1. The molecule has 3 rings (SSSR count). The van der Waals surface area contributed by atoms with Crippen LogP contribution in [0.25, 0.3) is 0 Å². The Hall–Kier alpha value is -2.34. The molecule has 0 aliphatic carbocycles. The lowest BCUT2D eigenvalue weighted by Gasteiger charge is -2.38. The molecule has 0 radical (unpaired) electrons. The maximum Gasteiger partial charge on any atom is 0.245 e. The van der Waals surface area contributed by atoms with Crippen molar-refractivity contribution in [1.82, 2.24) is 19.4 Å². The van der Waals surface area contributed by atoms with Gasteiger partial charge < -0.3 is 14.4 Å². The summed E-state index contributed by atoms with van der Waals surface area (Å²) in [6, 6.07) is 6.87. The number of rotatable bonds is 5. The molecule has 25 heavy (non-hydrogen) atoms. The molecule has 2 aromatic rings. The second-order valence-electron chi connectivity index (χ2n) is 6.15. The molecule has 0 saturated carbocycles. The van der Waals surface area contributed by atoms with Gasteiger partial charge in [-0.1, -0.05) is 29.8 Å². The SMILES string of the molecule is CCn1cncc1CN1C(=O)CN(Cc2ccccc2Cl)C(=O)[C@@H]1C. The second-order valence-corrected chi connectivity index (χ2v) is 6.56. The van der Waals surface area contributed by atoms with E-state index in [0.29, 0.717) is 18.1 Å². The van der Waals surface area contributed by atoms with Crippen molar-refractivity contribution in [2.45, 2.75) is 39.5 Å². The third-order valence-corrected chi connectivity index (χ3v) is 4.94. The molecule has 1 aliphatic heterocycles. The number of carbonyl (C=O) groups is 2. The highest BCUT2D eigenvalue weighted by atomic mass is 35.5. The maximum absolute atomic E-state index is 12.7. The van der Waals surface area contributed by atoms with E-state index in [-0.39, 0.29) is 18.4 Å². The Bertz CT molecular complexity index is 789. The van der Waals surface area contributed by atoms with Crippen molar-refractivity contribution in [3.63, 3.8) is 0 Å². The van der Waals surface area contributed by atoms with Crippen LogP contribution in [0.2, 0.25) is 5.02 Å². The molecule has 1 aromatic heterocycles. The zero-order chi connectivity index (χ0) is 18.0. The molecule has 1 saturated heterocycles. The first-order valence-corrected chi connectivity index (χ1v) is 8.69. The zero-order valence-corrected chi connectivity index (χ0v) is 15.1. The summed E-state index contributed by atoms with van der Waals surface area (Å²) in [4.78, 5) is 32.7. The van der Waals surface area contributed by atoms with E-state index in [4.69, 9.17) is 11.6 Å². The van der Waals surface area contributed by atoms with Crippen LogP contribution in [0, 0.1) is 0 Å². The summed E-state index contributed by atoms with van der Waals surface area (Å²) >= 11 is 6.18. The molecule has 1 fully saturated rings. The highest BCUT2D eigenvalue weighted by molar-refractivity contribution is 6.31. The normalized spacial score (nSPS) is 18.1. The monoisotopic (exact) mass is 360 g/mol. The molecule has 1 aromatic carbocycles. The van der Waals surface area contributed by atoms with Gasteiger partial charge in [-0.15, -0.1) is 0 Å². The first-order chi connectivity index (χ1) is 12.0. The van der Waals surface area contributed by atoms with Crippen LogP contribution in [0.3, 0.4) is 0 Å². The molecule has 2 heterocycles. The molecular weight excluding hydrogens is 340 g/mol. The van der Waals surface area contributed by atoms with Crippen LogP contribution in [0.5, 0.6) is 0 Å². The summed E-state index contributed by atoms with van der Waals surface area (Å²) in [5.74, 6) is -0.134. The van der Waals surface area contributed by atoms with Gasteiger partial charge in [0.15, 0.2) is 0 Å². The van der Waals surface area contributed by atoms with Gasteiger partial charge in [0.05, 0.1) is 18.6 Å². The van der Waals surface area contributed by atoms with Crippen molar-refractivity contribution in [2.24, 2.45) is 0 Å². The summed E-state index contributed by atoms with van der Waals surface area (Å²) < 4.78 is 1.97. The Morgan fingerprint density at radius 2 is 2.00 bits per heavy atom. The molecule has 0 N–H and O–H groups in total. The number of nitrogens with zero attached hydrogens (tertiary/aromatic N) is 4. The van der Waals surface area contributed by atoms with Gasteiger partial charge in [0.25, 0.3) is 0 Å². The zero-order valence-electron chi connectivity index (χ0n) is 14.4. The number of aromatic nitrogens is 2. The van der Waals surface area contributed by atoms with Gasteiger partial charge in [0.2, 0.25) is 11.8 Å². The van der Waals surface area contributed by atoms with Crippen molar-refractivity contribution in [3.05, 3.63) is 53.1 Å². The lowest BCUT2D eigenvalue weighted by atomic mass is 10.1. The predicted molar refractivity (Wildman–Crippen MR) is 94.8 cm³/mol. The minimum atomic E-state index is -0.510. The van der Waals surface area contributed by atoms with E-state index in [9.17, 15) is 9.59 Å². The Balaban J connectivity index is 1.74. The first-order valence-electron chi connectivity index (χ1n) is 8.32. The van der Waals surface area contributed by atoms with Crippen LogP contribution in [0.4, 0.5) is 0 Å². The van der Waals surface area contributed by atoms with Crippen LogP contribution in [-0.4, -0.2) is 43.8 Å². The number of benzene rings is 1. The molecular formula is C18H21ClN4O2. The fourth-order valence-electron chi connectivity index (χ4n) is 3.08. The third-order valence-electron chi connectivity index (χ3n) is 4.57. The van der Waals surface area contributed by atoms with Crippen LogP contribution in [-0.2, 0) is 29.2 Å². The maximum atomic E-state index is 12.7. The van der Waals surface area contributed by atoms with E-state index in [1.807, 2.05) is 29.7 Å². The topological polar surface area (TPSA) is 58.4 Å². The fraction of sp³-hybridized carbons (Fsp3) is 0.389. The van der Waals surface area contributed by atoms with Crippen molar-refractivity contribution >= 4 is 23.4 Å². The van der Waals surface area contributed by atoms with Crippen molar-refractivity contribution in [1.29, 1.82) is 0 Å². The molecule has 0 spiro atoms.